The summed E-state index contributed by atoms with van der Waals surface area (Å²) < 4.78 is 0. The monoisotopic (exact) mass is 570 g/mol. The van der Waals surface area contributed by atoms with Crippen molar-refractivity contribution in [1.29, 1.82) is 0 Å². The van der Waals surface area contributed by atoms with Gasteiger partial charge in [0.25, 0.3) is 0 Å². The van der Waals surface area contributed by atoms with E-state index in [4.69, 9.17) is 5.73 Å². The van der Waals surface area contributed by atoms with Gasteiger partial charge in [0, 0.05) is 28.4 Å². The lowest BCUT2D eigenvalue weighted by Gasteiger charge is -2.29. The minimum absolute atomic E-state index is 0.156. The van der Waals surface area contributed by atoms with Gasteiger partial charge in [-0.1, -0.05) is 140 Å². The standard InChI is InChI=1S/C42H38N2/c1-4-17-30(3)34(5-2)35-21-10-9-20-32(35)28-33(29-40(43)31-18-7-6-8-19-31)44-41-26-15-13-24-38(41)36-22-11-12-23-37(36)39-25-14-16-27-42(39)44/h4-30,34H,2,43H2,1,3H3/b17-4-,33-28+,40-29-. The number of fused-ring (bicyclic) bond motifs is 5. The largest absolute Gasteiger partial charge is 0.398 e. The van der Waals surface area contributed by atoms with Crippen LogP contribution in [0.25, 0.3) is 34.0 Å². The fourth-order valence-corrected chi connectivity index (χ4v) is 6.35. The second-order valence-corrected chi connectivity index (χ2v) is 11.2. The number of nitrogens with two attached hydrogens (primary N) is 1. The third-order valence-electron chi connectivity index (χ3n) is 8.44. The molecule has 2 heteroatoms. The highest BCUT2D eigenvalue weighted by Crippen LogP contribution is 2.49. The zero-order chi connectivity index (χ0) is 30.5. The van der Waals surface area contributed by atoms with E-state index in [1.165, 1.54) is 27.8 Å². The van der Waals surface area contributed by atoms with Crippen molar-refractivity contribution in [1.82, 2.24) is 0 Å². The van der Waals surface area contributed by atoms with Crippen LogP contribution in [0.15, 0.2) is 164 Å². The van der Waals surface area contributed by atoms with Gasteiger partial charge in [0.05, 0.1) is 11.4 Å². The molecule has 6 rings (SSSR count). The Morgan fingerprint density at radius 1 is 0.682 bits per heavy atom. The maximum absolute atomic E-state index is 6.90. The van der Waals surface area contributed by atoms with Gasteiger partial charge in [0.15, 0.2) is 0 Å². The van der Waals surface area contributed by atoms with Gasteiger partial charge in [-0.05, 0) is 64.9 Å². The average Bonchev–Trinajstić information content (AvgIpc) is 3.19. The Morgan fingerprint density at radius 2 is 1.20 bits per heavy atom. The van der Waals surface area contributed by atoms with Crippen LogP contribution in [0.1, 0.15) is 36.5 Å². The first-order valence-electron chi connectivity index (χ1n) is 15.3. The summed E-state index contributed by atoms with van der Waals surface area (Å²) in [7, 11) is 0. The second-order valence-electron chi connectivity index (χ2n) is 11.2. The summed E-state index contributed by atoms with van der Waals surface area (Å²) in [6.45, 7) is 8.56. The first kappa shape index (κ1) is 28.8. The molecule has 0 aliphatic carbocycles. The lowest BCUT2D eigenvalue weighted by atomic mass is 9.84. The number of hydrogen-bond donors (Lipinski definition) is 1. The van der Waals surface area contributed by atoms with Crippen LogP contribution in [-0.2, 0) is 0 Å². The zero-order valence-electron chi connectivity index (χ0n) is 25.4. The summed E-state index contributed by atoms with van der Waals surface area (Å²) in [4.78, 5) is 2.37. The van der Waals surface area contributed by atoms with Crippen LogP contribution in [0, 0.1) is 5.92 Å². The Morgan fingerprint density at radius 3 is 1.80 bits per heavy atom. The molecule has 0 spiro atoms. The highest BCUT2D eigenvalue weighted by atomic mass is 15.2. The van der Waals surface area contributed by atoms with Crippen molar-refractivity contribution >= 4 is 23.1 Å². The van der Waals surface area contributed by atoms with E-state index in [1.54, 1.807) is 0 Å². The molecule has 2 atom stereocenters. The average molecular weight is 571 g/mol. The molecule has 1 aliphatic heterocycles. The molecule has 1 aliphatic rings. The van der Waals surface area contributed by atoms with E-state index >= 15 is 0 Å². The van der Waals surface area contributed by atoms with Gasteiger partial charge < -0.3 is 10.6 Å². The van der Waals surface area contributed by atoms with Crippen molar-refractivity contribution < 1.29 is 0 Å². The summed E-state index contributed by atoms with van der Waals surface area (Å²) in [6.07, 6.45) is 10.8. The van der Waals surface area contributed by atoms with Gasteiger partial charge in [-0.3, -0.25) is 0 Å². The molecule has 2 N–H and O–H groups in total. The first-order valence-corrected chi connectivity index (χ1v) is 15.3. The zero-order valence-corrected chi connectivity index (χ0v) is 25.4. The van der Waals surface area contributed by atoms with E-state index < -0.39 is 0 Å². The highest BCUT2D eigenvalue weighted by molar-refractivity contribution is 6.01. The number of anilines is 2. The first-order chi connectivity index (χ1) is 21.6. The van der Waals surface area contributed by atoms with E-state index in [0.717, 1.165) is 28.2 Å². The molecule has 5 aromatic carbocycles. The molecule has 0 radical (unpaired) electrons. The number of allylic oxidation sites excluding steroid dienone is 4. The molecule has 0 saturated heterocycles. The maximum atomic E-state index is 6.90. The number of hydrogen-bond acceptors (Lipinski definition) is 2. The van der Waals surface area contributed by atoms with Gasteiger partial charge in [0.2, 0.25) is 0 Å². The topological polar surface area (TPSA) is 29.3 Å². The van der Waals surface area contributed by atoms with Crippen molar-refractivity contribution in [3.05, 3.63) is 181 Å². The van der Waals surface area contributed by atoms with E-state index in [0.29, 0.717) is 11.6 Å². The van der Waals surface area contributed by atoms with Gasteiger partial charge in [-0.2, -0.15) is 0 Å². The fraction of sp³-hybridized carbons (Fsp3) is 0.0952. The molecule has 2 unspecified atom stereocenters. The predicted octanol–water partition coefficient (Wildman–Crippen LogP) is 11.0. The van der Waals surface area contributed by atoms with Crippen LogP contribution in [0.3, 0.4) is 0 Å². The molecule has 216 valence electrons. The summed E-state index contributed by atoms with van der Waals surface area (Å²) in [5.74, 6) is 0.456. The molecule has 1 heterocycles. The van der Waals surface area contributed by atoms with Gasteiger partial charge in [-0.15, -0.1) is 6.58 Å². The number of benzene rings is 5. The smallest absolute Gasteiger partial charge is 0.0540 e. The molecular weight excluding hydrogens is 532 g/mol. The van der Waals surface area contributed by atoms with Crippen LogP contribution in [0.2, 0.25) is 0 Å². The molecule has 0 fully saturated rings. The van der Waals surface area contributed by atoms with Crippen molar-refractivity contribution in [3.8, 4) is 22.3 Å². The molecule has 0 saturated carbocycles. The molecule has 5 aromatic rings. The molecule has 2 nitrogen and oxygen atoms in total. The fourth-order valence-electron chi connectivity index (χ4n) is 6.35. The summed E-state index contributed by atoms with van der Waals surface area (Å²) in [5.41, 5.74) is 18.9. The van der Waals surface area contributed by atoms with Crippen LogP contribution in [0.5, 0.6) is 0 Å². The minimum Gasteiger partial charge on any atom is -0.398 e. The quantitative estimate of drug-likeness (QED) is 0.148. The van der Waals surface area contributed by atoms with Crippen LogP contribution < -0.4 is 10.6 Å². The summed E-state index contributed by atoms with van der Waals surface area (Å²) in [6, 6.07) is 44.8. The predicted molar refractivity (Wildman–Crippen MR) is 189 cm³/mol. The van der Waals surface area contributed by atoms with Crippen molar-refractivity contribution in [2.75, 3.05) is 4.90 Å². The van der Waals surface area contributed by atoms with Gasteiger partial charge in [0.1, 0.15) is 0 Å². The Labute approximate surface area is 261 Å². The second kappa shape index (κ2) is 12.9. The third-order valence-corrected chi connectivity index (χ3v) is 8.44. The SMILES string of the molecule is C=CC(c1ccccc1/C=C(\C=C(/N)c1ccccc1)N1c2ccccc2-c2ccccc2-c2ccccc21)C(C)/C=C\C. The van der Waals surface area contributed by atoms with Crippen LogP contribution in [-0.4, -0.2) is 0 Å². The van der Waals surface area contributed by atoms with E-state index in [-0.39, 0.29) is 5.92 Å². The lowest BCUT2D eigenvalue weighted by Crippen LogP contribution is -2.17. The Hall–Kier alpha value is -5.34. The Bertz CT molecular complexity index is 1810. The summed E-state index contributed by atoms with van der Waals surface area (Å²) >= 11 is 0. The minimum atomic E-state index is 0.156. The van der Waals surface area contributed by atoms with Gasteiger partial charge >= 0.3 is 0 Å². The van der Waals surface area contributed by atoms with Crippen LogP contribution in [0.4, 0.5) is 11.4 Å². The van der Waals surface area contributed by atoms with E-state index in [9.17, 15) is 0 Å². The third kappa shape index (κ3) is 5.55. The highest BCUT2D eigenvalue weighted by Gasteiger charge is 2.27. The molecule has 0 amide bonds. The maximum Gasteiger partial charge on any atom is 0.0540 e. The van der Waals surface area contributed by atoms with Crippen molar-refractivity contribution in [2.45, 2.75) is 19.8 Å². The van der Waals surface area contributed by atoms with E-state index in [1.807, 2.05) is 18.2 Å². The lowest BCUT2D eigenvalue weighted by molar-refractivity contribution is 0.641. The molecule has 0 bridgehead atoms. The van der Waals surface area contributed by atoms with Gasteiger partial charge in [-0.25, -0.2) is 0 Å². The Kier molecular flexibility index (Phi) is 8.43. The Balaban J connectivity index is 1.65. The van der Waals surface area contributed by atoms with Crippen molar-refractivity contribution in [3.63, 3.8) is 0 Å². The molecule has 44 heavy (non-hydrogen) atoms. The number of rotatable bonds is 8. The van der Waals surface area contributed by atoms with E-state index in [2.05, 4.69) is 165 Å². The number of nitrogens with zero attached hydrogens (tertiary/aromatic N) is 1. The van der Waals surface area contributed by atoms with Crippen LogP contribution >= 0.6 is 0 Å². The molecule has 0 aromatic heterocycles. The van der Waals surface area contributed by atoms with Crippen molar-refractivity contribution in [2.24, 2.45) is 11.7 Å². The number of para-hydroxylation sites is 2. The molecular formula is C42H38N2. The normalized spacial score (nSPS) is 14.3. The summed E-state index contributed by atoms with van der Waals surface area (Å²) in [5, 5.41) is 0.